The zero-order valence-corrected chi connectivity index (χ0v) is 16.1. The minimum absolute atomic E-state index is 0.364. The molecule has 0 aliphatic carbocycles. The molecule has 0 radical (unpaired) electrons. The predicted octanol–water partition coefficient (Wildman–Crippen LogP) is 3.52. The highest BCUT2D eigenvalue weighted by Crippen LogP contribution is 2.29. The van der Waals surface area contributed by atoms with E-state index < -0.39 is 11.7 Å². The van der Waals surface area contributed by atoms with Crippen LogP contribution in [0.3, 0.4) is 0 Å². The van der Waals surface area contributed by atoms with Crippen molar-refractivity contribution < 1.29 is 23.4 Å². The van der Waals surface area contributed by atoms with Crippen molar-refractivity contribution in [1.82, 2.24) is 0 Å². The second-order valence-electron chi connectivity index (χ2n) is 6.22. The number of ether oxygens (including phenoxy) is 3. The fraction of sp³-hybridized carbons (Fsp3) is 0.238. The maximum Gasteiger partial charge on any atom is 0.336 e. The first-order valence-electron chi connectivity index (χ1n) is 8.65. The van der Waals surface area contributed by atoms with E-state index in [1.54, 1.807) is 50.4 Å². The number of benzene rings is 2. The summed E-state index contributed by atoms with van der Waals surface area (Å²) in [6.45, 7) is 3.45. The van der Waals surface area contributed by atoms with Crippen LogP contribution in [-0.4, -0.2) is 26.2 Å². The number of aryl methyl sites for hydroxylation is 1. The van der Waals surface area contributed by atoms with E-state index in [-0.39, 0.29) is 5.91 Å². The van der Waals surface area contributed by atoms with Gasteiger partial charge in [-0.2, -0.15) is 0 Å². The van der Waals surface area contributed by atoms with E-state index in [9.17, 15) is 9.59 Å². The lowest BCUT2D eigenvalue weighted by atomic mass is 10.1. The summed E-state index contributed by atoms with van der Waals surface area (Å²) in [5.74, 6) is 1.15. The Hall–Kier alpha value is -3.48. The Morgan fingerprint density at radius 1 is 1.04 bits per heavy atom. The first-order chi connectivity index (χ1) is 13.4. The Kier molecular flexibility index (Phi) is 5.54. The Morgan fingerprint density at radius 3 is 2.50 bits per heavy atom. The number of hydrogen-bond donors (Lipinski definition) is 1. The quantitative estimate of drug-likeness (QED) is 0.656. The van der Waals surface area contributed by atoms with Gasteiger partial charge in [0.15, 0.2) is 6.10 Å². The number of fused-ring (bicyclic) bond motifs is 1. The van der Waals surface area contributed by atoms with Crippen LogP contribution in [0.15, 0.2) is 51.7 Å². The third-order valence-corrected chi connectivity index (χ3v) is 4.27. The van der Waals surface area contributed by atoms with Crippen LogP contribution in [0.1, 0.15) is 12.5 Å². The van der Waals surface area contributed by atoms with Gasteiger partial charge in [-0.15, -0.1) is 0 Å². The van der Waals surface area contributed by atoms with E-state index in [2.05, 4.69) is 5.32 Å². The number of rotatable bonds is 6. The van der Waals surface area contributed by atoms with Crippen LogP contribution >= 0.6 is 0 Å². The molecule has 0 spiro atoms. The number of carbonyl (C=O) groups is 1. The summed E-state index contributed by atoms with van der Waals surface area (Å²) in [6, 6.07) is 11.6. The fourth-order valence-electron chi connectivity index (χ4n) is 2.78. The molecule has 1 atom stereocenters. The van der Waals surface area contributed by atoms with Gasteiger partial charge < -0.3 is 23.9 Å². The van der Waals surface area contributed by atoms with Crippen LogP contribution in [0, 0.1) is 6.92 Å². The molecule has 1 aromatic heterocycles. The predicted molar refractivity (Wildman–Crippen MR) is 105 cm³/mol. The summed E-state index contributed by atoms with van der Waals surface area (Å²) in [4.78, 5) is 24.1. The molecule has 7 heteroatoms. The van der Waals surface area contributed by atoms with Crippen molar-refractivity contribution in [3.63, 3.8) is 0 Å². The van der Waals surface area contributed by atoms with E-state index >= 15 is 0 Å². The van der Waals surface area contributed by atoms with Crippen LogP contribution < -0.4 is 25.2 Å². The van der Waals surface area contributed by atoms with Gasteiger partial charge in [0.1, 0.15) is 22.8 Å². The van der Waals surface area contributed by atoms with Crippen molar-refractivity contribution in [1.29, 1.82) is 0 Å². The Balaban J connectivity index is 1.77. The first kappa shape index (κ1) is 19.3. The Morgan fingerprint density at radius 2 is 1.79 bits per heavy atom. The Bertz CT molecular complexity index is 1070. The second-order valence-corrected chi connectivity index (χ2v) is 6.22. The number of nitrogens with one attached hydrogen (secondary N) is 1. The van der Waals surface area contributed by atoms with Gasteiger partial charge in [0.25, 0.3) is 5.91 Å². The molecule has 3 rings (SSSR count). The van der Waals surface area contributed by atoms with Crippen molar-refractivity contribution in [2.75, 3.05) is 19.5 Å². The molecular formula is C21H21NO6. The largest absolute Gasteiger partial charge is 0.497 e. The van der Waals surface area contributed by atoms with Crippen LogP contribution in [-0.2, 0) is 4.79 Å². The van der Waals surface area contributed by atoms with Crippen molar-refractivity contribution in [2.24, 2.45) is 0 Å². The van der Waals surface area contributed by atoms with E-state index in [4.69, 9.17) is 18.6 Å². The lowest BCUT2D eigenvalue weighted by Crippen LogP contribution is -2.30. The average molecular weight is 383 g/mol. The van der Waals surface area contributed by atoms with Crippen molar-refractivity contribution >= 4 is 22.6 Å². The van der Waals surface area contributed by atoms with Gasteiger partial charge in [-0.25, -0.2) is 4.79 Å². The highest BCUT2D eigenvalue weighted by atomic mass is 16.5. The molecule has 0 saturated heterocycles. The van der Waals surface area contributed by atoms with Crippen molar-refractivity contribution in [3.05, 3.63) is 58.4 Å². The second kappa shape index (κ2) is 8.04. The molecule has 2 aromatic carbocycles. The molecule has 1 heterocycles. The van der Waals surface area contributed by atoms with Crippen LogP contribution in [0.5, 0.6) is 17.2 Å². The maximum absolute atomic E-state index is 12.6. The third-order valence-electron chi connectivity index (χ3n) is 4.27. The molecule has 146 valence electrons. The van der Waals surface area contributed by atoms with Crippen LogP contribution in [0.25, 0.3) is 11.0 Å². The van der Waals surface area contributed by atoms with Crippen molar-refractivity contribution in [3.8, 4) is 17.2 Å². The van der Waals surface area contributed by atoms with Gasteiger partial charge in [-0.3, -0.25) is 4.79 Å². The number of anilines is 1. The fourth-order valence-corrected chi connectivity index (χ4v) is 2.78. The van der Waals surface area contributed by atoms with Gasteiger partial charge in [-0.1, -0.05) is 0 Å². The van der Waals surface area contributed by atoms with E-state index in [1.165, 1.54) is 13.2 Å². The number of amides is 1. The summed E-state index contributed by atoms with van der Waals surface area (Å²) < 4.78 is 21.4. The molecule has 1 amide bonds. The third kappa shape index (κ3) is 4.09. The minimum atomic E-state index is -0.801. The number of methoxy groups -OCH3 is 2. The summed E-state index contributed by atoms with van der Waals surface area (Å²) in [5, 5.41) is 3.58. The zero-order chi connectivity index (χ0) is 20.3. The topological polar surface area (TPSA) is 87.0 Å². The summed E-state index contributed by atoms with van der Waals surface area (Å²) in [7, 11) is 3.06. The highest BCUT2D eigenvalue weighted by molar-refractivity contribution is 5.95. The molecule has 1 unspecified atom stereocenters. The number of hydrogen-bond acceptors (Lipinski definition) is 6. The standard InChI is InChI=1S/C21H21NO6/c1-12-9-20(23)28-19-11-15(5-7-16(12)19)27-13(2)21(24)22-17-10-14(25-3)6-8-18(17)26-4/h5-11,13H,1-4H3,(H,22,24). The van der Waals surface area contributed by atoms with Gasteiger partial charge in [0.2, 0.25) is 0 Å². The molecule has 0 fully saturated rings. The lowest BCUT2D eigenvalue weighted by molar-refractivity contribution is -0.122. The average Bonchev–Trinajstić information content (AvgIpc) is 2.67. The van der Waals surface area contributed by atoms with Crippen LogP contribution in [0.2, 0.25) is 0 Å². The van der Waals surface area contributed by atoms with E-state index in [0.717, 1.165) is 10.9 Å². The van der Waals surface area contributed by atoms with Crippen LogP contribution in [0.4, 0.5) is 5.69 Å². The first-order valence-corrected chi connectivity index (χ1v) is 8.65. The SMILES string of the molecule is COc1ccc(OC)c(NC(=O)C(C)Oc2ccc3c(C)cc(=O)oc3c2)c1. The molecule has 0 aliphatic rings. The van der Waals surface area contributed by atoms with Gasteiger partial charge >= 0.3 is 5.63 Å². The lowest BCUT2D eigenvalue weighted by Gasteiger charge is -2.17. The summed E-state index contributed by atoms with van der Waals surface area (Å²) in [6.07, 6.45) is -0.801. The molecule has 0 saturated carbocycles. The Labute approximate surface area is 161 Å². The molecule has 3 aromatic rings. The molecule has 0 aliphatic heterocycles. The summed E-state index contributed by atoms with van der Waals surface area (Å²) >= 11 is 0. The maximum atomic E-state index is 12.6. The summed E-state index contributed by atoms with van der Waals surface area (Å²) in [5.41, 5.74) is 1.26. The van der Waals surface area contributed by atoms with Crippen molar-refractivity contribution in [2.45, 2.75) is 20.0 Å². The highest BCUT2D eigenvalue weighted by Gasteiger charge is 2.18. The minimum Gasteiger partial charge on any atom is -0.497 e. The molecule has 28 heavy (non-hydrogen) atoms. The van der Waals surface area contributed by atoms with E-state index in [1.807, 2.05) is 6.92 Å². The molecule has 7 nitrogen and oxygen atoms in total. The van der Waals surface area contributed by atoms with Gasteiger partial charge in [0, 0.05) is 23.6 Å². The molecule has 0 bridgehead atoms. The normalized spacial score (nSPS) is 11.7. The monoisotopic (exact) mass is 383 g/mol. The molecular weight excluding hydrogens is 362 g/mol. The zero-order valence-electron chi connectivity index (χ0n) is 16.1. The number of carbonyl (C=O) groups excluding carboxylic acids is 1. The van der Waals surface area contributed by atoms with E-state index in [0.29, 0.717) is 28.5 Å². The molecule has 1 N–H and O–H groups in total. The van der Waals surface area contributed by atoms with Gasteiger partial charge in [0.05, 0.1) is 19.9 Å². The van der Waals surface area contributed by atoms with Gasteiger partial charge in [-0.05, 0) is 43.7 Å². The smallest absolute Gasteiger partial charge is 0.336 e.